The van der Waals surface area contributed by atoms with E-state index in [0.29, 0.717) is 0 Å². The average Bonchev–Trinajstić information content (AvgIpc) is 3.24. The van der Waals surface area contributed by atoms with Crippen molar-refractivity contribution in [1.29, 1.82) is 0 Å². The summed E-state index contributed by atoms with van der Waals surface area (Å²) >= 11 is 0. The number of benzene rings is 2. The Hall–Kier alpha value is -2.01. The van der Waals surface area contributed by atoms with Crippen LogP contribution in [0.3, 0.4) is 0 Å². The number of ether oxygens (including phenoxy) is 1. The van der Waals surface area contributed by atoms with Crippen LogP contribution in [-0.4, -0.2) is 12.2 Å². The molecule has 0 aromatic heterocycles. The summed E-state index contributed by atoms with van der Waals surface area (Å²) in [5.74, 6) is 0.311. The lowest BCUT2D eigenvalue weighted by molar-refractivity contribution is -0.137. The number of nitrogens with one attached hydrogen (secondary N) is 1. The largest absolute Gasteiger partial charge is 0.416 e. The molecule has 1 saturated heterocycles. The number of rotatable bonds is 1. The second-order valence-electron chi connectivity index (χ2n) is 6.90. The fourth-order valence-corrected chi connectivity index (χ4v) is 4.48. The van der Waals surface area contributed by atoms with Crippen molar-refractivity contribution in [2.75, 3.05) is 5.32 Å². The normalized spacial score (nSPS) is 33.2. The van der Waals surface area contributed by atoms with E-state index in [4.69, 9.17) is 4.74 Å². The molecule has 0 amide bonds. The molecule has 2 fully saturated rings. The summed E-state index contributed by atoms with van der Waals surface area (Å²) < 4.78 is 45.0. The number of fused-ring (bicyclic) bond motifs is 5. The Morgan fingerprint density at radius 1 is 1.04 bits per heavy atom. The van der Waals surface area contributed by atoms with Crippen molar-refractivity contribution in [3.63, 3.8) is 0 Å². The van der Waals surface area contributed by atoms with Gasteiger partial charge in [0.2, 0.25) is 0 Å². The fraction of sp³-hybridized carbons (Fsp3) is 0.368. The molecule has 0 bridgehead atoms. The first kappa shape index (κ1) is 14.3. The minimum Gasteiger partial charge on any atom is -0.378 e. The summed E-state index contributed by atoms with van der Waals surface area (Å²) in [6.07, 6.45) is -3.14. The highest BCUT2D eigenvalue weighted by molar-refractivity contribution is 5.60. The minimum absolute atomic E-state index is 0.0405. The molecule has 2 aromatic rings. The summed E-state index contributed by atoms with van der Waals surface area (Å²) in [6.45, 7) is 0. The molecule has 5 rings (SSSR count). The Morgan fingerprint density at radius 3 is 2.58 bits per heavy atom. The summed E-state index contributed by atoms with van der Waals surface area (Å²) in [7, 11) is 0. The van der Waals surface area contributed by atoms with Gasteiger partial charge in [0.1, 0.15) is 0 Å². The first-order valence-corrected chi connectivity index (χ1v) is 8.20. The van der Waals surface area contributed by atoms with Crippen LogP contribution in [0.2, 0.25) is 0 Å². The van der Waals surface area contributed by atoms with Crippen molar-refractivity contribution in [1.82, 2.24) is 0 Å². The smallest absolute Gasteiger partial charge is 0.378 e. The van der Waals surface area contributed by atoms with Crippen LogP contribution in [0, 0.1) is 5.92 Å². The van der Waals surface area contributed by atoms with Crippen molar-refractivity contribution < 1.29 is 17.9 Å². The molecule has 3 unspecified atom stereocenters. The van der Waals surface area contributed by atoms with E-state index in [9.17, 15) is 13.2 Å². The van der Waals surface area contributed by atoms with E-state index in [0.717, 1.165) is 23.7 Å². The van der Waals surface area contributed by atoms with Crippen molar-refractivity contribution in [3.8, 4) is 0 Å². The van der Waals surface area contributed by atoms with Crippen LogP contribution in [-0.2, 0) is 10.9 Å². The third-order valence-corrected chi connectivity index (χ3v) is 5.58. The van der Waals surface area contributed by atoms with Crippen LogP contribution in [0.4, 0.5) is 18.9 Å². The first-order valence-electron chi connectivity index (χ1n) is 8.20. The molecule has 2 aromatic carbocycles. The Labute approximate surface area is 137 Å². The van der Waals surface area contributed by atoms with E-state index in [1.54, 1.807) is 6.07 Å². The van der Waals surface area contributed by atoms with Gasteiger partial charge in [-0.1, -0.05) is 30.3 Å². The predicted octanol–water partition coefficient (Wildman–Crippen LogP) is 4.74. The lowest BCUT2D eigenvalue weighted by Crippen LogP contribution is -2.32. The lowest BCUT2D eigenvalue weighted by atomic mass is 9.76. The Bertz CT molecular complexity index is 789. The molecule has 2 nitrogen and oxygen atoms in total. The lowest BCUT2D eigenvalue weighted by Gasteiger charge is -2.39. The van der Waals surface area contributed by atoms with Gasteiger partial charge in [0, 0.05) is 11.6 Å². The molecule has 24 heavy (non-hydrogen) atoms. The minimum atomic E-state index is -4.32. The standard InChI is InChI=1S/C19H16F3NO/c20-19(21,22)11-6-7-14-12(8-11)16-13(9-15-18(16)24-15)17(23-14)10-4-2-1-3-5-10/h1-8,13,15-18,23H,9H2/t13-,15?,16?,17-,18?/m1/s1. The van der Waals surface area contributed by atoms with Crippen molar-refractivity contribution in [2.24, 2.45) is 5.92 Å². The molecule has 5 heteroatoms. The van der Waals surface area contributed by atoms with Gasteiger partial charge in [-0.15, -0.1) is 0 Å². The summed E-state index contributed by atoms with van der Waals surface area (Å²) in [5, 5.41) is 3.48. The summed E-state index contributed by atoms with van der Waals surface area (Å²) in [6, 6.07) is 14.3. The zero-order chi connectivity index (χ0) is 16.5. The summed E-state index contributed by atoms with van der Waals surface area (Å²) in [5.41, 5.74) is 2.16. The molecule has 1 N–H and O–H groups in total. The van der Waals surface area contributed by atoms with Gasteiger partial charge in [0.15, 0.2) is 0 Å². The number of hydrogen-bond acceptors (Lipinski definition) is 2. The molecular formula is C19H16F3NO. The second-order valence-corrected chi connectivity index (χ2v) is 6.90. The number of alkyl halides is 3. The molecule has 2 aliphatic heterocycles. The van der Waals surface area contributed by atoms with Gasteiger partial charge in [0.05, 0.1) is 23.8 Å². The highest BCUT2D eigenvalue weighted by Gasteiger charge is 2.59. The third kappa shape index (κ3) is 2.07. The third-order valence-electron chi connectivity index (χ3n) is 5.58. The van der Waals surface area contributed by atoms with E-state index < -0.39 is 11.7 Å². The molecule has 0 radical (unpaired) electrons. The van der Waals surface area contributed by atoms with Crippen molar-refractivity contribution in [2.45, 2.75) is 36.8 Å². The van der Waals surface area contributed by atoms with Crippen LogP contribution < -0.4 is 5.32 Å². The molecular weight excluding hydrogens is 315 g/mol. The van der Waals surface area contributed by atoms with Crippen LogP contribution in [0.1, 0.15) is 35.1 Å². The molecule has 124 valence electrons. The van der Waals surface area contributed by atoms with Gasteiger partial charge in [-0.25, -0.2) is 0 Å². The van der Waals surface area contributed by atoms with Gasteiger partial charge in [-0.3, -0.25) is 0 Å². The number of halogens is 3. The monoisotopic (exact) mass is 331 g/mol. The van der Waals surface area contributed by atoms with Gasteiger partial charge in [0.25, 0.3) is 0 Å². The Balaban J connectivity index is 1.60. The fourth-order valence-electron chi connectivity index (χ4n) is 4.48. The highest BCUT2D eigenvalue weighted by Crippen LogP contribution is 2.60. The molecule has 1 aliphatic carbocycles. The maximum atomic E-state index is 13.1. The average molecular weight is 331 g/mol. The molecule has 0 spiro atoms. The van der Waals surface area contributed by atoms with Crippen LogP contribution in [0.5, 0.6) is 0 Å². The molecule has 3 aliphatic rings. The molecule has 1 saturated carbocycles. The quantitative estimate of drug-likeness (QED) is 0.763. The van der Waals surface area contributed by atoms with E-state index in [1.165, 1.54) is 11.6 Å². The zero-order valence-electron chi connectivity index (χ0n) is 12.8. The zero-order valence-corrected chi connectivity index (χ0v) is 12.8. The predicted molar refractivity (Wildman–Crippen MR) is 83.8 cm³/mol. The van der Waals surface area contributed by atoms with E-state index >= 15 is 0 Å². The van der Waals surface area contributed by atoms with Crippen LogP contribution in [0.25, 0.3) is 0 Å². The second kappa shape index (κ2) is 4.76. The maximum Gasteiger partial charge on any atom is 0.416 e. The van der Waals surface area contributed by atoms with Gasteiger partial charge in [-0.2, -0.15) is 13.2 Å². The number of epoxide rings is 1. The SMILES string of the molecule is FC(F)(F)c1ccc2c(c1)C1C3OC3C[C@H]1[C@@H](c1ccccc1)N2. The van der Waals surface area contributed by atoms with Gasteiger partial charge in [-0.05, 0) is 41.7 Å². The van der Waals surface area contributed by atoms with E-state index in [-0.39, 0.29) is 30.1 Å². The first-order chi connectivity index (χ1) is 11.5. The van der Waals surface area contributed by atoms with Crippen LogP contribution >= 0.6 is 0 Å². The van der Waals surface area contributed by atoms with Gasteiger partial charge < -0.3 is 10.1 Å². The molecule has 2 heterocycles. The Morgan fingerprint density at radius 2 is 1.83 bits per heavy atom. The van der Waals surface area contributed by atoms with Gasteiger partial charge >= 0.3 is 6.18 Å². The number of anilines is 1. The molecule has 5 atom stereocenters. The van der Waals surface area contributed by atoms with E-state index in [2.05, 4.69) is 17.4 Å². The topological polar surface area (TPSA) is 24.6 Å². The van der Waals surface area contributed by atoms with E-state index in [1.807, 2.05) is 18.2 Å². The Kier molecular flexibility index (Phi) is 2.84. The van der Waals surface area contributed by atoms with Crippen LogP contribution in [0.15, 0.2) is 48.5 Å². The van der Waals surface area contributed by atoms with Crippen molar-refractivity contribution in [3.05, 3.63) is 65.2 Å². The highest BCUT2D eigenvalue weighted by atomic mass is 19.4. The number of hydrogen-bond donors (Lipinski definition) is 1. The van der Waals surface area contributed by atoms with Crippen molar-refractivity contribution >= 4 is 5.69 Å². The summed E-state index contributed by atoms with van der Waals surface area (Å²) in [4.78, 5) is 0. The maximum absolute atomic E-state index is 13.1.